The SMILES string of the molecule is O=C1c2ccccc2CCc2c(Cl)cccc21. The third-order valence-electron chi connectivity index (χ3n) is 3.27. The van der Waals surface area contributed by atoms with Gasteiger partial charge >= 0.3 is 0 Å². The fourth-order valence-electron chi connectivity index (χ4n) is 2.39. The van der Waals surface area contributed by atoms with Crippen molar-refractivity contribution in [3.05, 3.63) is 69.7 Å². The molecule has 0 spiro atoms. The maximum atomic E-state index is 12.4. The van der Waals surface area contributed by atoms with Crippen molar-refractivity contribution in [2.75, 3.05) is 0 Å². The molecular formula is C15H11ClO. The average molecular weight is 243 g/mol. The maximum Gasteiger partial charge on any atom is 0.193 e. The van der Waals surface area contributed by atoms with Crippen LogP contribution in [-0.4, -0.2) is 5.78 Å². The van der Waals surface area contributed by atoms with Crippen LogP contribution in [0.5, 0.6) is 0 Å². The van der Waals surface area contributed by atoms with Gasteiger partial charge in [-0.15, -0.1) is 0 Å². The van der Waals surface area contributed by atoms with Crippen LogP contribution in [0, 0.1) is 0 Å². The van der Waals surface area contributed by atoms with Gasteiger partial charge in [0.25, 0.3) is 0 Å². The first-order valence-electron chi connectivity index (χ1n) is 5.67. The molecule has 84 valence electrons. The van der Waals surface area contributed by atoms with Crippen LogP contribution in [0.15, 0.2) is 42.5 Å². The summed E-state index contributed by atoms with van der Waals surface area (Å²) < 4.78 is 0. The van der Waals surface area contributed by atoms with Crippen LogP contribution >= 0.6 is 11.6 Å². The number of benzene rings is 2. The molecule has 2 aromatic carbocycles. The van der Waals surface area contributed by atoms with E-state index < -0.39 is 0 Å². The highest BCUT2D eigenvalue weighted by molar-refractivity contribution is 6.32. The minimum Gasteiger partial charge on any atom is -0.289 e. The minimum atomic E-state index is 0.0931. The van der Waals surface area contributed by atoms with Gasteiger partial charge in [0.2, 0.25) is 0 Å². The summed E-state index contributed by atoms with van der Waals surface area (Å²) in [6.45, 7) is 0. The van der Waals surface area contributed by atoms with E-state index in [1.54, 1.807) is 0 Å². The standard InChI is InChI=1S/C15H11ClO/c16-14-7-3-6-13-12(14)9-8-10-4-1-2-5-11(10)15(13)17/h1-7H,8-9H2. The second kappa shape index (κ2) is 4.01. The Labute approximate surface area is 105 Å². The van der Waals surface area contributed by atoms with Crippen LogP contribution in [0.1, 0.15) is 27.0 Å². The molecule has 3 rings (SSSR count). The second-order valence-corrected chi connectivity index (χ2v) is 4.66. The molecule has 0 heterocycles. The Morgan fingerprint density at radius 2 is 1.65 bits per heavy atom. The molecule has 2 heteroatoms. The lowest BCUT2D eigenvalue weighted by Gasteiger charge is -2.06. The van der Waals surface area contributed by atoms with Crippen molar-refractivity contribution in [2.45, 2.75) is 12.8 Å². The smallest absolute Gasteiger partial charge is 0.193 e. The highest BCUT2D eigenvalue weighted by atomic mass is 35.5. The summed E-state index contributed by atoms with van der Waals surface area (Å²) in [5.74, 6) is 0.0931. The molecule has 0 radical (unpaired) electrons. The summed E-state index contributed by atoms with van der Waals surface area (Å²) in [5, 5.41) is 0.698. The molecule has 0 bridgehead atoms. The first kappa shape index (κ1) is 10.5. The van der Waals surface area contributed by atoms with Crippen LogP contribution in [0.25, 0.3) is 0 Å². The molecule has 0 N–H and O–H groups in total. The van der Waals surface area contributed by atoms with E-state index in [2.05, 4.69) is 0 Å². The molecule has 1 aliphatic carbocycles. The molecule has 0 aromatic heterocycles. The molecular weight excluding hydrogens is 232 g/mol. The lowest BCUT2D eigenvalue weighted by Crippen LogP contribution is -2.03. The molecule has 0 fully saturated rings. The molecule has 0 atom stereocenters. The zero-order valence-corrected chi connectivity index (χ0v) is 10.00. The number of hydrogen-bond donors (Lipinski definition) is 0. The van der Waals surface area contributed by atoms with Crippen LogP contribution in [0.4, 0.5) is 0 Å². The molecule has 0 unspecified atom stereocenters. The van der Waals surface area contributed by atoms with Crippen molar-refractivity contribution in [3.63, 3.8) is 0 Å². The van der Waals surface area contributed by atoms with Crippen molar-refractivity contribution in [3.8, 4) is 0 Å². The summed E-state index contributed by atoms with van der Waals surface area (Å²) in [6.07, 6.45) is 1.70. The fraction of sp³-hybridized carbons (Fsp3) is 0.133. The largest absolute Gasteiger partial charge is 0.289 e. The Balaban J connectivity index is 2.24. The van der Waals surface area contributed by atoms with Gasteiger partial charge in [-0.1, -0.05) is 48.0 Å². The van der Waals surface area contributed by atoms with Gasteiger partial charge in [-0.3, -0.25) is 4.79 Å². The summed E-state index contributed by atoms with van der Waals surface area (Å²) in [7, 11) is 0. The quantitative estimate of drug-likeness (QED) is 0.689. The molecule has 0 aliphatic heterocycles. The summed E-state index contributed by atoms with van der Waals surface area (Å²) in [5.41, 5.74) is 3.66. The lowest BCUT2D eigenvalue weighted by molar-refractivity contribution is 0.103. The Morgan fingerprint density at radius 1 is 0.882 bits per heavy atom. The van der Waals surface area contributed by atoms with Gasteiger partial charge in [0.05, 0.1) is 0 Å². The van der Waals surface area contributed by atoms with Crippen LogP contribution in [0.3, 0.4) is 0 Å². The van der Waals surface area contributed by atoms with Gasteiger partial charge in [-0.05, 0) is 30.0 Å². The van der Waals surface area contributed by atoms with E-state index in [-0.39, 0.29) is 5.78 Å². The molecule has 1 aliphatic rings. The number of ketones is 1. The van der Waals surface area contributed by atoms with E-state index in [1.165, 1.54) is 0 Å². The van der Waals surface area contributed by atoms with Crippen LogP contribution in [-0.2, 0) is 12.8 Å². The molecule has 0 saturated heterocycles. The summed E-state index contributed by atoms with van der Waals surface area (Å²) in [6, 6.07) is 13.4. The predicted molar refractivity (Wildman–Crippen MR) is 68.7 cm³/mol. The van der Waals surface area contributed by atoms with E-state index in [4.69, 9.17) is 11.6 Å². The monoisotopic (exact) mass is 242 g/mol. The van der Waals surface area contributed by atoms with Crippen molar-refractivity contribution in [1.29, 1.82) is 0 Å². The third-order valence-corrected chi connectivity index (χ3v) is 3.62. The molecule has 17 heavy (non-hydrogen) atoms. The second-order valence-electron chi connectivity index (χ2n) is 4.25. The summed E-state index contributed by atoms with van der Waals surface area (Å²) in [4.78, 5) is 12.4. The first-order chi connectivity index (χ1) is 8.27. The number of fused-ring (bicyclic) bond motifs is 2. The number of carbonyl (C=O) groups excluding carboxylic acids is 1. The lowest BCUT2D eigenvalue weighted by atomic mass is 9.99. The number of rotatable bonds is 0. The predicted octanol–water partition coefficient (Wildman–Crippen LogP) is 3.67. The highest BCUT2D eigenvalue weighted by Crippen LogP contribution is 2.28. The molecule has 2 aromatic rings. The number of hydrogen-bond acceptors (Lipinski definition) is 1. The van der Waals surface area contributed by atoms with Gasteiger partial charge in [0.15, 0.2) is 5.78 Å². The molecule has 0 saturated carbocycles. The number of halogens is 1. The minimum absolute atomic E-state index is 0.0931. The topological polar surface area (TPSA) is 17.1 Å². The Bertz CT molecular complexity index is 602. The van der Waals surface area contributed by atoms with E-state index in [9.17, 15) is 4.79 Å². The zero-order chi connectivity index (χ0) is 11.8. The van der Waals surface area contributed by atoms with Gasteiger partial charge in [-0.25, -0.2) is 0 Å². The van der Waals surface area contributed by atoms with Crippen molar-refractivity contribution in [2.24, 2.45) is 0 Å². The Morgan fingerprint density at radius 3 is 2.53 bits per heavy atom. The van der Waals surface area contributed by atoms with E-state index in [0.717, 1.165) is 35.1 Å². The van der Waals surface area contributed by atoms with Gasteiger partial charge in [0.1, 0.15) is 0 Å². The normalized spacial score (nSPS) is 13.8. The van der Waals surface area contributed by atoms with Gasteiger partial charge in [0, 0.05) is 16.1 Å². The van der Waals surface area contributed by atoms with Crippen molar-refractivity contribution < 1.29 is 4.79 Å². The third kappa shape index (κ3) is 1.67. The molecule has 0 amide bonds. The first-order valence-corrected chi connectivity index (χ1v) is 6.05. The zero-order valence-electron chi connectivity index (χ0n) is 9.24. The maximum absolute atomic E-state index is 12.4. The fourth-order valence-corrected chi connectivity index (χ4v) is 2.66. The average Bonchev–Trinajstić information content (AvgIpc) is 2.50. The van der Waals surface area contributed by atoms with Gasteiger partial charge in [-0.2, -0.15) is 0 Å². The van der Waals surface area contributed by atoms with Gasteiger partial charge < -0.3 is 0 Å². The van der Waals surface area contributed by atoms with Crippen molar-refractivity contribution in [1.82, 2.24) is 0 Å². The highest BCUT2D eigenvalue weighted by Gasteiger charge is 2.21. The number of aryl methyl sites for hydroxylation is 1. The van der Waals surface area contributed by atoms with Crippen LogP contribution < -0.4 is 0 Å². The van der Waals surface area contributed by atoms with E-state index in [0.29, 0.717) is 5.02 Å². The summed E-state index contributed by atoms with van der Waals surface area (Å²) >= 11 is 6.17. The Kier molecular flexibility index (Phi) is 2.49. The molecule has 1 nitrogen and oxygen atoms in total. The number of carbonyl (C=O) groups is 1. The van der Waals surface area contributed by atoms with Crippen LogP contribution in [0.2, 0.25) is 5.02 Å². The van der Waals surface area contributed by atoms with E-state index in [1.807, 2.05) is 42.5 Å². The van der Waals surface area contributed by atoms with Crippen molar-refractivity contribution >= 4 is 17.4 Å². The van der Waals surface area contributed by atoms with E-state index >= 15 is 0 Å². The Hall–Kier alpha value is -1.60.